The highest BCUT2D eigenvalue weighted by atomic mass is 16.6. The van der Waals surface area contributed by atoms with Crippen LogP contribution < -0.4 is 16.0 Å². The Kier molecular flexibility index (Phi) is 20.0. The summed E-state index contributed by atoms with van der Waals surface area (Å²) in [5, 5.41) is 9.10. The van der Waals surface area contributed by atoms with Crippen molar-refractivity contribution < 1.29 is 52.5 Å². The summed E-state index contributed by atoms with van der Waals surface area (Å²) in [5.41, 5.74) is 1.43. The van der Waals surface area contributed by atoms with Gasteiger partial charge in [0.05, 0.1) is 18.7 Å². The average molecular weight is 966 g/mol. The zero-order valence-corrected chi connectivity index (χ0v) is 41.8. The van der Waals surface area contributed by atoms with Gasteiger partial charge in [-0.3, -0.25) is 19.0 Å². The number of nitrogens with zero attached hydrogens (tertiary/aromatic N) is 2. The van der Waals surface area contributed by atoms with Gasteiger partial charge in [-0.2, -0.15) is 0 Å². The summed E-state index contributed by atoms with van der Waals surface area (Å²) in [6, 6.07) is 22.7. The summed E-state index contributed by atoms with van der Waals surface area (Å²) in [4.78, 5) is 96.5. The lowest BCUT2D eigenvalue weighted by Gasteiger charge is -2.38. The Morgan fingerprint density at radius 3 is 2.04 bits per heavy atom. The lowest BCUT2D eigenvalue weighted by atomic mass is 9.80. The van der Waals surface area contributed by atoms with E-state index < -0.39 is 71.3 Å². The molecule has 0 spiro atoms. The van der Waals surface area contributed by atoms with Crippen LogP contribution in [0.5, 0.6) is 0 Å². The van der Waals surface area contributed by atoms with E-state index in [-0.39, 0.29) is 44.6 Å². The van der Waals surface area contributed by atoms with E-state index in [1.165, 1.54) is 11.7 Å². The second-order valence-electron chi connectivity index (χ2n) is 19.8. The van der Waals surface area contributed by atoms with Gasteiger partial charge in [-0.15, -0.1) is 0 Å². The van der Waals surface area contributed by atoms with E-state index in [0.717, 1.165) is 17.5 Å². The van der Waals surface area contributed by atoms with Crippen LogP contribution in [-0.4, -0.2) is 101 Å². The number of Topliss-reactive ketones (excluding diaryl/α,β-unsaturated/α-hetero) is 1. The molecule has 16 heteroatoms. The molecule has 1 fully saturated rings. The number of unbranched alkanes of at least 4 members (excludes halogenated alkanes) is 3. The number of esters is 1. The fourth-order valence-electron chi connectivity index (χ4n) is 8.55. The Labute approximate surface area is 411 Å². The van der Waals surface area contributed by atoms with Crippen LogP contribution in [0.4, 0.5) is 14.4 Å². The molecule has 5 rings (SSSR count). The molecule has 1 heterocycles. The third-order valence-corrected chi connectivity index (χ3v) is 11.8. The van der Waals surface area contributed by atoms with Crippen molar-refractivity contribution in [2.45, 2.75) is 148 Å². The van der Waals surface area contributed by atoms with Crippen LogP contribution >= 0.6 is 0 Å². The molecule has 4 aromatic rings. The summed E-state index contributed by atoms with van der Waals surface area (Å²) in [6.07, 6.45) is 4.24. The van der Waals surface area contributed by atoms with Crippen LogP contribution in [0.2, 0.25) is 0 Å². The third kappa shape index (κ3) is 17.1. The minimum absolute atomic E-state index is 0.000682. The van der Waals surface area contributed by atoms with Crippen molar-refractivity contribution >= 4 is 52.7 Å². The Balaban J connectivity index is 1.29. The zero-order valence-electron chi connectivity index (χ0n) is 41.8. The van der Waals surface area contributed by atoms with Crippen molar-refractivity contribution in [2.75, 3.05) is 20.2 Å². The molecule has 16 nitrogen and oxygen atoms in total. The van der Waals surface area contributed by atoms with Crippen LogP contribution in [0.15, 0.2) is 91.1 Å². The van der Waals surface area contributed by atoms with Crippen LogP contribution in [0.1, 0.15) is 116 Å². The molecular formula is C54H71N5O11. The maximum atomic E-state index is 14.9. The molecule has 0 aliphatic heterocycles. The van der Waals surface area contributed by atoms with Gasteiger partial charge in [0.1, 0.15) is 29.9 Å². The van der Waals surface area contributed by atoms with E-state index >= 15 is 0 Å². The van der Waals surface area contributed by atoms with Crippen molar-refractivity contribution in [3.63, 3.8) is 0 Å². The number of hydrogen-bond donors (Lipinski definition) is 3. The van der Waals surface area contributed by atoms with Gasteiger partial charge in [0.15, 0.2) is 5.78 Å². The van der Waals surface area contributed by atoms with Gasteiger partial charge in [0.2, 0.25) is 11.8 Å². The highest BCUT2D eigenvalue weighted by Crippen LogP contribution is 2.30. The third-order valence-electron chi connectivity index (χ3n) is 11.8. The summed E-state index contributed by atoms with van der Waals surface area (Å²) in [5.74, 6) is -2.28. The van der Waals surface area contributed by atoms with E-state index in [1.54, 1.807) is 64.8 Å². The van der Waals surface area contributed by atoms with Crippen LogP contribution in [0.25, 0.3) is 10.9 Å². The first-order chi connectivity index (χ1) is 33.3. The standard InChI is InChI=1S/C54H71N5O11/c1-53(2,3)69-50(64)55-31-18-8-9-19-32-58(48(62)42(33-37-21-12-10-13-22-37)57-51(65)68-36-38-23-14-11-15-24-38)45-28-20-25-39(47(45)61)29-30-46(60)56-43(49(63)67-7)34-40-35-59(52(66)70-54(4,5)6)44-27-17-16-26-41(40)44/h10-17,21-24,26-27,35,39,42-43,45H,8-9,18-20,25,28-34,36H2,1-7H3,(H,55,64)(H,56,60)(H,57,65)/t39-,42+,43+,45-/m1/s1. The zero-order chi connectivity index (χ0) is 50.8. The number of rotatable bonds is 21. The molecule has 70 heavy (non-hydrogen) atoms. The molecule has 1 saturated carbocycles. The first-order valence-corrected chi connectivity index (χ1v) is 24.3. The molecule has 4 atom stereocenters. The van der Waals surface area contributed by atoms with Crippen LogP contribution in [0.3, 0.4) is 0 Å². The summed E-state index contributed by atoms with van der Waals surface area (Å²) < 4.78 is 23.0. The number of para-hydroxylation sites is 1. The predicted molar refractivity (Wildman–Crippen MR) is 265 cm³/mol. The lowest BCUT2D eigenvalue weighted by Crippen LogP contribution is -2.56. The van der Waals surface area contributed by atoms with Gasteiger partial charge >= 0.3 is 24.2 Å². The number of aromatic nitrogens is 1. The van der Waals surface area contributed by atoms with Gasteiger partial charge in [-0.05, 0) is 96.4 Å². The first kappa shape index (κ1) is 54.2. The van der Waals surface area contributed by atoms with Crippen molar-refractivity contribution in [2.24, 2.45) is 5.92 Å². The molecule has 1 aliphatic carbocycles. The minimum atomic E-state index is -1.10. The van der Waals surface area contributed by atoms with Gasteiger partial charge < -0.3 is 39.8 Å². The number of carbonyl (C=O) groups excluding carboxylic acids is 7. The predicted octanol–water partition coefficient (Wildman–Crippen LogP) is 8.59. The molecule has 0 unspecified atom stereocenters. The maximum Gasteiger partial charge on any atom is 0.419 e. The first-order valence-electron chi connectivity index (χ1n) is 24.3. The number of hydrogen-bond acceptors (Lipinski definition) is 11. The molecule has 4 amide bonds. The number of ketones is 1. The van der Waals surface area contributed by atoms with Crippen molar-refractivity contribution in [3.8, 4) is 0 Å². The SMILES string of the molecule is COC(=O)[C@H](Cc1cn(C(=O)OC(C)(C)C)c2ccccc12)NC(=O)CC[C@H]1CCC[C@@H](N(CCCCCCNC(=O)OC(C)(C)C)C(=O)[C@H](Cc2ccccc2)NC(=O)OCc2ccccc2)C1=O. The molecule has 1 aromatic heterocycles. The van der Waals surface area contributed by atoms with E-state index in [1.807, 2.05) is 72.8 Å². The summed E-state index contributed by atoms with van der Waals surface area (Å²) in [7, 11) is 1.23. The topological polar surface area (TPSA) is 201 Å². The molecule has 0 bridgehead atoms. The molecule has 3 N–H and O–H groups in total. The van der Waals surface area contributed by atoms with Gasteiger partial charge in [-0.1, -0.05) is 98.1 Å². The number of alkyl carbamates (subject to hydrolysis) is 2. The number of fused-ring (bicyclic) bond motifs is 1. The number of ether oxygens (including phenoxy) is 4. The second kappa shape index (κ2) is 25.8. The number of methoxy groups -OCH3 is 1. The van der Waals surface area contributed by atoms with Crippen LogP contribution in [0, 0.1) is 5.92 Å². The highest BCUT2D eigenvalue weighted by molar-refractivity contribution is 5.95. The quantitative estimate of drug-likeness (QED) is 0.0410. The van der Waals surface area contributed by atoms with Crippen LogP contribution in [-0.2, 0) is 57.6 Å². The fourth-order valence-corrected chi connectivity index (χ4v) is 8.55. The maximum absolute atomic E-state index is 14.9. The largest absolute Gasteiger partial charge is 0.467 e. The summed E-state index contributed by atoms with van der Waals surface area (Å²) in [6.45, 7) is 11.4. The number of carbonyl (C=O) groups is 7. The van der Waals surface area contributed by atoms with Gasteiger partial charge in [0, 0.05) is 49.9 Å². The van der Waals surface area contributed by atoms with Crippen molar-refractivity contribution in [1.29, 1.82) is 0 Å². The Morgan fingerprint density at radius 2 is 1.37 bits per heavy atom. The molecule has 0 radical (unpaired) electrons. The van der Waals surface area contributed by atoms with E-state index in [0.29, 0.717) is 61.5 Å². The van der Waals surface area contributed by atoms with Crippen molar-refractivity contribution in [3.05, 3.63) is 108 Å². The minimum Gasteiger partial charge on any atom is -0.467 e. The van der Waals surface area contributed by atoms with Gasteiger partial charge in [0.25, 0.3) is 0 Å². The monoisotopic (exact) mass is 966 g/mol. The molecule has 378 valence electrons. The normalized spacial score (nSPS) is 15.8. The van der Waals surface area contributed by atoms with Gasteiger partial charge in [-0.25, -0.2) is 19.2 Å². The Hall–Kier alpha value is -6.71. The lowest BCUT2D eigenvalue weighted by molar-refractivity contribution is -0.145. The van der Waals surface area contributed by atoms with E-state index in [2.05, 4.69) is 16.0 Å². The fraction of sp³-hybridized carbons (Fsp3) is 0.500. The second-order valence-corrected chi connectivity index (χ2v) is 19.8. The molecule has 1 aliphatic rings. The van der Waals surface area contributed by atoms with Crippen molar-refractivity contribution in [1.82, 2.24) is 25.4 Å². The molecule has 3 aromatic carbocycles. The summed E-state index contributed by atoms with van der Waals surface area (Å²) >= 11 is 0. The highest BCUT2D eigenvalue weighted by Gasteiger charge is 2.40. The molecule has 0 saturated heterocycles. The smallest absolute Gasteiger partial charge is 0.419 e. The number of amides is 4. The number of benzene rings is 3. The Morgan fingerprint density at radius 1 is 0.729 bits per heavy atom. The van der Waals surface area contributed by atoms with E-state index in [4.69, 9.17) is 18.9 Å². The Bertz CT molecular complexity index is 2390. The van der Waals surface area contributed by atoms with E-state index in [9.17, 15) is 33.6 Å². The molecular weight excluding hydrogens is 895 g/mol. The number of nitrogens with one attached hydrogen (secondary N) is 3. The average Bonchev–Trinajstić information content (AvgIpc) is 3.68.